The highest BCUT2D eigenvalue weighted by molar-refractivity contribution is 5.70. The standard InChI is InChI=1S/C16H21NO4/c1-21-16(20)10-14-8-7-13(9-15(18)19)17(14)11-12-5-3-2-4-6-12/h2-6,13-14H,7-11H2,1H3,(H,18,19)/t13-,14+/m0/s1. The molecule has 1 aliphatic heterocycles. The van der Waals surface area contributed by atoms with Gasteiger partial charge in [-0.15, -0.1) is 0 Å². The molecule has 2 atom stereocenters. The first-order valence-electron chi connectivity index (χ1n) is 7.18. The van der Waals surface area contributed by atoms with Gasteiger partial charge in [-0.05, 0) is 18.4 Å². The van der Waals surface area contributed by atoms with E-state index in [1.165, 1.54) is 7.11 Å². The van der Waals surface area contributed by atoms with E-state index in [-0.39, 0.29) is 24.5 Å². The number of aliphatic carboxylic acids is 1. The molecule has 5 nitrogen and oxygen atoms in total. The number of methoxy groups -OCH3 is 1. The van der Waals surface area contributed by atoms with Crippen LogP contribution in [0.15, 0.2) is 30.3 Å². The van der Waals surface area contributed by atoms with Crippen molar-refractivity contribution >= 4 is 11.9 Å². The fourth-order valence-corrected chi connectivity index (χ4v) is 2.98. The van der Waals surface area contributed by atoms with Gasteiger partial charge < -0.3 is 9.84 Å². The lowest BCUT2D eigenvalue weighted by molar-refractivity contribution is -0.142. The minimum atomic E-state index is -0.795. The third kappa shape index (κ3) is 4.29. The van der Waals surface area contributed by atoms with Crippen molar-refractivity contribution in [1.82, 2.24) is 4.90 Å². The van der Waals surface area contributed by atoms with Gasteiger partial charge in [-0.1, -0.05) is 30.3 Å². The summed E-state index contributed by atoms with van der Waals surface area (Å²) in [5.41, 5.74) is 1.13. The van der Waals surface area contributed by atoms with Gasteiger partial charge >= 0.3 is 11.9 Å². The van der Waals surface area contributed by atoms with Crippen LogP contribution in [-0.4, -0.2) is 41.1 Å². The minimum absolute atomic E-state index is 0.0163. The van der Waals surface area contributed by atoms with Gasteiger partial charge in [0.15, 0.2) is 0 Å². The second-order valence-corrected chi connectivity index (χ2v) is 5.42. The first-order valence-corrected chi connectivity index (χ1v) is 7.18. The summed E-state index contributed by atoms with van der Waals surface area (Å²) in [5, 5.41) is 9.05. The molecule has 1 fully saturated rings. The van der Waals surface area contributed by atoms with Crippen LogP contribution in [0.2, 0.25) is 0 Å². The highest BCUT2D eigenvalue weighted by atomic mass is 16.5. The van der Waals surface area contributed by atoms with E-state index in [4.69, 9.17) is 9.84 Å². The van der Waals surface area contributed by atoms with Crippen molar-refractivity contribution in [3.8, 4) is 0 Å². The van der Waals surface area contributed by atoms with E-state index in [0.29, 0.717) is 13.0 Å². The second-order valence-electron chi connectivity index (χ2n) is 5.42. The van der Waals surface area contributed by atoms with Crippen LogP contribution in [0, 0.1) is 0 Å². The highest BCUT2D eigenvalue weighted by Crippen LogP contribution is 2.30. The number of esters is 1. The van der Waals surface area contributed by atoms with Gasteiger partial charge in [0.05, 0.1) is 20.0 Å². The number of carbonyl (C=O) groups is 2. The number of likely N-dealkylation sites (tertiary alicyclic amines) is 1. The van der Waals surface area contributed by atoms with Crippen LogP contribution in [-0.2, 0) is 20.9 Å². The van der Waals surface area contributed by atoms with Gasteiger partial charge in [-0.2, -0.15) is 0 Å². The van der Waals surface area contributed by atoms with Crippen molar-refractivity contribution in [2.45, 2.75) is 44.3 Å². The van der Waals surface area contributed by atoms with Crippen LogP contribution in [0.4, 0.5) is 0 Å². The van der Waals surface area contributed by atoms with Crippen molar-refractivity contribution in [2.75, 3.05) is 7.11 Å². The van der Waals surface area contributed by atoms with Crippen LogP contribution in [0.25, 0.3) is 0 Å². The van der Waals surface area contributed by atoms with Gasteiger partial charge in [0, 0.05) is 18.6 Å². The summed E-state index contributed by atoms with van der Waals surface area (Å²) in [6, 6.07) is 9.96. The number of carboxylic acids is 1. The molecule has 5 heteroatoms. The Bertz CT molecular complexity index is 488. The topological polar surface area (TPSA) is 66.8 Å². The molecule has 0 amide bonds. The number of benzene rings is 1. The molecule has 0 aromatic heterocycles. The third-order valence-corrected chi connectivity index (χ3v) is 4.02. The van der Waals surface area contributed by atoms with Crippen LogP contribution < -0.4 is 0 Å². The average Bonchev–Trinajstić information content (AvgIpc) is 2.82. The van der Waals surface area contributed by atoms with E-state index < -0.39 is 5.97 Å². The molecule has 1 aromatic carbocycles. The molecule has 1 aromatic rings. The zero-order chi connectivity index (χ0) is 15.2. The molecule has 1 aliphatic rings. The Morgan fingerprint density at radius 1 is 1.19 bits per heavy atom. The highest BCUT2D eigenvalue weighted by Gasteiger charge is 2.35. The summed E-state index contributed by atoms with van der Waals surface area (Å²) >= 11 is 0. The first kappa shape index (κ1) is 15.5. The molecule has 1 saturated heterocycles. The first-order chi connectivity index (χ1) is 10.1. The monoisotopic (exact) mass is 291 g/mol. The summed E-state index contributed by atoms with van der Waals surface area (Å²) in [7, 11) is 1.38. The maximum Gasteiger partial charge on any atom is 0.307 e. The van der Waals surface area contributed by atoms with E-state index >= 15 is 0 Å². The quantitative estimate of drug-likeness (QED) is 0.813. The van der Waals surface area contributed by atoms with E-state index in [0.717, 1.165) is 18.4 Å². The number of carboxylic acid groups (broad SMARTS) is 1. The summed E-state index contributed by atoms with van der Waals surface area (Å²) in [6.07, 6.45) is 2.07. The Morgan fingerprint density at radius 3 is 2.38 bits per heavy atom. The number of hydrogen-bond donors (Lipinski definition) is 1. The molecule has 2 rings (SSSR count). The molecular formula is C16H21NO4. The lowest BCUT2D eigenvalue weighted by Crippen LogP contribution is -2.38. The molecule has 0 spiro atoms. The summed E-state index contributed by atoms with van der Waals surface area (Å²) < 4.78 is 4.75. The molecule has 0 radical (unpaired) electrons. The lowest BCUT2D eigenvalue weighted by Gasteiger charge is -2.29. The molecule has 0 aliphatic carbocycles. The third-order valence-electron chi connectivity index (χ3n) is 4.02. The van der Waals surface area contributed by atoms with Gasteiger partial charge in [-0.25, -0.2) is 0 Å². The number of ether oxygens (including phenoxy) is 1. The Labute approximate surface area is 124 Å². The van der Waals surface area contributed by atoms with E-state index in [9.17, 15) is 9.59 Å². The Kier molecular flexibility index (Phi) is 5.33. The minimum Gasteiger partial charge on any atom is -0.481 e. The van der Waals surface area contributed by atoms with Crippen molar-refractivity contribution in [2.24, 2.45) is 0 Å². The van der Waals surface area contributed by atoms with Crippen LogP contribution in [0.3, 0.4) is 0 Å². The van der Waals surface area contributed by atoms with Gasteiger partial charge in [0.25, 0.3) is 0 Å². The summed E-state index contributed by atoms with van der Waals surface area (Å²) in [4.78, 5) is 24.7. The van der Waals surface area contributed by atoms with Crippen LogP contribution in [0.5, 0.6) is 0 Å². The molecular weight excluding hydrogens is 270 g/mol. The van der Waals surface area contributed by atoms with E-state index in [1.54, 1.807) is 0 Å². The van der Waals surface area contributed by atoms with Crippen molar-refractivity contribution in [3.63, 3.8) is 0 Å². The molecule has 21 heavy (non-hydrogen) atoms. The molecule has 0 saturated carbocycles. The Balaban J connectivity index is 2.10. The lowest BCUT2D eigenvalue weighted by atomic mass is 10.1. The van der Waals surface area contributed by atoms with Gasteiger partial charge in [0.2, 0.25) is 0 Å². The van der Waals surface area contributed by atoms with Gasteiger partial charge in [0.1, 0.15) is 0 Å². The molecule has 0 bridgehead atoms. The molecule has 0 unspecified atom stereocenters. The number of hydrogen-bond acceptors (Lipinski definition) is 4. The Hall–Kier alpha value is -1.88. The average molecular weight is 291 g/mol. The van der Waals surface area contributed by atoms with E-state index in [2.05, 4.69) is 4.90 Å². The maximum absolute atomic E-state index is 11.5. The van der Waals surface area contributed by atoms with Crippen molar-refractivity contribution < 1.29 is 19.4 Å². The number of carbonyl (C=O) groups excluding carboxylic acids is 1. The van der Waals surface area contributed by atoms with Crippen molar-refractivity contribution in [1.29, 1.82) is 0 Å². The largest absolute Gasteiger partial charge is 0.481 e. The van der Waals surface area contributed by atoms with Crippen LogP contribution in [0.1, 0.15) is 31.2 Å². The number of rotatable bonds is 6. The smallest absolute Gasteiger partial charge is 0.307 e. The van der Waals surface area contributed by atoms with Crippen LogP contribution >= 0.6 is 0 Å². The predicted octanol–water partition coefficient (Wildman–Crippen LogP) is 2.06. The molecule has 114 valence electrons. The predicted molar refractivity (Wildman–Crippen MR) is 77.7 cm³/mol. The molecule has 1 N–H and O–H groups in total. The zero-order valence-electron chi connectivity index (χ0n) is 12.2. The number of nitrogens with zero attached hydrogens (tertiary/aromatic N) is 1. The molecule has 1 heterocycles. The maximum atomic E-state index is 11.5. The normalized spacial score (nSPS) is 22.1. The van der Waals surface area contributed by atoms with E-state index in [1.807, 2.05) is 30.3 Å². The van der Waals surface area contributed by atoms with Crippen molar-refractivity contribution in [3.05, 3.63) is 35.9 Å². The second kappa shape index (κ2) is 7.22. The summed E-state index contributed by atoms with van der Waals surface area (Å²) in [5.74, 6) is -1.04. The fourth-order valence-electron chi connectivity index (χ4n) is 2.98. The van der Waals surface area contributed by atoms with Gasteiger partial charge in [-0.3, -0.25) is 14.5 Å². The summed E-state index contributed by atoms with van der Waals surface area (Å²) in [6.45, 7) is 0.667. The fraction of sp³-hybridized carbons (Fsp3) is 0.500. The zero-order valence-corrected chi connectivity index (χ0v) is 12.2. The Morgan fingerprint density at radius 2 is 1.81 bits per heavy atom. The SMILES string of the molecule is COC(=O)C[C@H]1CC[C@@H](CC(=O)O)N1Cc1ccccc1.